The molecule has 4 rings (SSSR count). The van der Waals surface area contributed by atoms with Crippen molar-refractivity contribution in [2.75, 3.05) is 5.32 Å². The topological polar surface area (TPSA) is 24.9 Å². The van der Waals surface area contributed by atoms with E-state index in [1.54, 1.807) is 0 Å². The van der Waals surface area contributed by atoms with Gasteiger partial charge in [-0.25, -0.2) is 4.98 Å². The number of rotatable bonds is 2. The summed E-state index contributed by atoms with van der Waals surface area (Å²) in [6.07, 6.45) is 0. The lowest BCUT2D eigenvalue weighted by atomic mass is 10.2. The van der Waals surface area contributed by atoms with Crippen LogP contribution in [0.15, 0.2) is 78.9 Å². The van der Waals surface area contributed by atoms with Gasteiger partial charge in [0.05, 0.1) is 5.69 Å². The lowest BCUT2D eigenvalue weighted by molar-refractivity contribution is 1.38. The van der Waals surface area contributed by atoms with Gasteiger partial charge in [-0.15, -0.1) is 0 Å². The molecular formula is C19H14N2. The lowest BCUT2D eigenvalue weighted by Gasteiger charge is -1.98. The first-order valence-corrected chi connectivity index (χ1v) is 7.00. The first kappa shape index (κ1) is 11.9. The Bertz CT molecular complexity index is 776. The van der Waals surface area contributed by atoms with Crippen molar-refractivity contribution in [1.82, 2.24) is 4.98 Å². The van der Waals surface area contributed by atoms with Gasteiger partial charge in [0, 0.05) is 11.3 Å². The van der Waals surface area contributed by atoms with E-state index in [0.29, 0.717) is 0 Å². The molecule has 1 heterocycles. The van der Waals surface area contributed by atoms with Crippen LogP contribution in [0.5, 0.6) is 0 Å². The van der Waals surface area contributed by atoms with Crippen LogP contribution >= 0.6 is 0 Å². The van der Waals surface area contributed by atoms with Gasteiger partial charge in [0.1, 0.15) is 5.82 Å². The van der Waals surface area contributed by atoms with Crippen molar-refractivity contribution in [3.63, 3.8) is 0 Å². The van der Waals surface area contributed by atoms with Gasteiger partial charge in [-0.2, -0.15) is 0 Å². The highest BCUT2D eigenvalue weighted by Gasteiger charge is 2.07. The Morgan fingerprint density at radius 3 is 2.14 bits per heavy atom. The SMILES string of the molecule is c1ccc2cc(Nc3ccc4cccc-4cc3)nc-2cc1. The van der Waals surface area contributed by atoms with Gasteiger partial charge < -0.3 is 5.32 Å². The van der Waals surface area contributed by atoms with Crippen LogP contribution in [0.25, 0.3) is 22.4 Å². The third kappa shape index (κ3) is 2.32. The van der Waals surface area contributed by atoms with Gasteiger partial charge in [-0.1, -0.05) is 54.6 Å². The second kappa shape index (κ2) is 4.91. The molecule has 0 bridgehead atoms. The second-order valence-electron chi connectivity index (χ2n) is 5.08. The van der Waals surface area contributed by atoms with Crippen LogP contribution in [0.2, 0.25) is 0 Å². The molecule has 0 radical (unpaired) electrons. The lowest BCUT2D eigenvalue weighted by Crippen LogP contribution is -1.87. The molecule has 4 aliphatic rings. The van der Waals surface area contributed by atoms with E-state index in [4.69, 9.17) is 0 Å². The van der Waals surface area contributed by atoms with Crippen LogP contribution in [0.1, 0.15) is 0 Å². The molecule has 100 valence electrons. The fraction of sp³-hybridized carbons (Fsp3) is 0. The normalized spacial score (nSPS) is 10.9. The maximum Gasteiger partial charge on any atom is 0.131 e. The predicted molar refractivity (Wildman–Crippen MR) is 87.2 cm³/mol. The Balaban J connectivity index is 1.70. The smallest absolute Gasteiger partial charge is 0.131 e. The Morgan fingerprint density at radius 1 is 0.619 bits per heavy atom. The molecule has 0 amide bonds. The Morgan fingerprint density at radius 2 is 1.33 bits per heavy atom. The first-order chi connectivity index (χ1) is 10.4. The zero-order valence-corrected chi connectivity index (χ0v) is 11.5. The third-order valence-corrected chi connectivity index (χ3v) is 3.62. The van der Waals surface area contributed by atoms with Crippen molar-refractivity contribution in [2.24, 2.45) is 0 Å². The highest BCUT2D eigenvalue weighted by atomic mass is 15.0. The quantitative estimate of drug-likeness (QED) is 0.552. The number of nitrogens with zero attached hydrogens (tertiary/aromatic N) is 1. The summed E-state index contributed by atoms with van der Waals surface area (Å²) in [5.74, 6) is 0.877. The predicted octanol–water partition coefficient (Wildman–Crippen LogP) is 5.03. The average molecular weight is 270 g/mol. The zero-order chi connectivity index (χ0) is 14.1. The summed E-state index contributed by atoms with van der Waals surface area (Å²) in [7, 11) is 0. The van der Waals surface area contributed by atoms with Crippen LogP contribution < -0.4 is 5.32 Å². The molecular weight excluding hydrogens is 256 g/mol. The summed E-state index contributed by atoms with van der Waals surface area (Å²) in [5, 5.41) is 3.38. The van der Waals surface area contributed by atoms with Crippen LogP contribution in [-0.2, 0) is 0 Å². The van der Waals surface area contributed by atoms with Crippen molar-refractivity contribution in [3.05, 3.63) is 78.9 Å². The number of hydrogen-bond acceptors (Lipinski definition) is 2. The number of aromatic nitrogens is 1. The van der Waals surface area contributed by atoms with Gasteiger partial charge >= 0.3 is 0 Å². The van der Waals surface area contributed by atoms with Crippen molar-refractivity contribution in [3.8, 4) is 22.4 Å². The summed E-state index contributed by atoms with van der Waals surface area (Å²) >= 11 is 0. The van der Waals surface area contributed by atoms with E-state index in [1.807, 2.05) is 24.3 Å². The number of anilines is 2. The van der Waals surface area contributed by atoms with Crippen molar-refractivity contribution < 1.29 is 0 Å². The maximum absolute atomic E-state index is 4.61. The molecule has 0 aromatic rings. The average Bonchev–Trinajstić information content (AvgIpc) is 2.97. The Kier molecular flexibility index (Phi) is 2.79. The number of fused-ring (bicyclic) bond motifs is 2. The summed E-state index contributed by atoms with van der Waals surface area (Å²) in [6, 6.07) is 27.0. The van der Waals surface area contributed by atoms with E-state index in [1.165, 1.54) is 11.1 Å². The minimum atomic E-state index is 0.877. The van der Waals surface area contributed by atoms with E-state index in [2.05, 4.69) is 64.9 Å². The van der Waals surface area contributed by atoms with E-state index >= 15 is 0 Å². The van der Waals surface area contributed by atoms with E-state index in [-0.39, 0.29) is 0 Å². The Hall–Kier alpha value is -2.87. The largest absolute Gasteiger partial charge is 0.340 e. The third-order valence-electron chi connectivity index (χ3n) is 3.62. The van der Waals surface area contributed by atoms with Crippen LogP contribution in [0, 0.1) is 0 Å². The fourth-order valence-electron chi connectivity index (χ4n) is 2.55. The summed E-state index contributed by atoms with van der Waals surface area (Å²) in [4.78, 5) is 4.61. The van der Waals surface area contributed by atoms with E-state index in [9.17, 15) is 0 Å². The molecule has 0 fully saturated rings. The zero-order valence-electron chi connectivity index (χ0n) is 11.5. The summed E-state index contributed by atoms with van der Waals surface area (Å²) in [5.41, 5.74) is 5.67. The van der Waals surface area contributed by atoms with Crippen molar-refractivity contribution in [2.45, 2.75) is 0 Å². The van der Waals surface area contributed by atoms with E-state index in [0.717, 1.165) is 22.8 Å². The summed E-state index contributed by atoms with van der Waals surface area (Å²) < 4.78 is 0. The van der Waals surface area contributed by atoms with Crippen molar-refractivity contribution in [1.29, 1.82) is 0 Å². The molecule has 21 heavy (non-hydrogen) atoms. The van der Waals surface area contributed by atoms with Crippen LogP contribution in [0.4, 0.5) is 11.5 Å². The molecule has 2 heteroatoms. The first-order valence-electron chi connectivity index (χ1n) is 7.00. The standard InChI is InChI=1S/C19H14N2/c1-2-5-16-13-19(21-18(16)8-3-1)20-17-11-9-14-6-4-7-15(14)10-12-17/h1-13H,(H,20,21). The molecule has 2 nitrogen and oxygen atoms in total. The van der Waals surface area contributed by atoms with Gasteiger partial charge in [-0.3, -0.25) is 0 Å². The molecule has 3 aliphatic carbocycles. The molecule has 0 aromatic carbocycles. The summed E-state index contributed by atoms with van der Waals surface area (Å²) in [6.45, 7) is 0. The molecule has 1 N–H and O–H groups in total. The minimum absolute atomic E-state index is 0.877. The van der Waals surface area contributed by atoms with Gasteiger partial charge in [0.2, 0.25) is 0 Å². The molecule has 0 saturated heterocycles. The van der Waals surface area contributed by atoms with Gasteiger partial charge in [0.25, 0.3) is 0 Å². The van der Waals surface area contributed by atoms with E-state index < -0.39 is 0 Å². The molecule has 1 aliphatic heterocycles. The van der Waals surface area contributed by atoms with Crippen LogP contribution in [-0.4, -0.2) is 4.98 Å². The highest BCUT2D eigenvalue weighted by molar-refractivity contribution is 5.72. The van der Waals surface area contributed by atoms with Gasteiger partial charge in [0.15, 0.2) is 0 Å². The molecule has 0 spiro atoms. The van der Waals surface area contributed by atoms with Crippen LogP contribution in [0.3, 0.4) is 0 Å². The number of nitrogens with one attached hydrogen (secondary N) is 1. The monoisotopic (exact) mass is 270 g/mol. The minimum Gasteiger partial charge on any atom is -0.340 e. The Labute approximate surface area is 123 Å². The highest BCUT2D eigenvalue weighted by Crippen LogP contribution is 2.27. The molecule has 0 unspecified atom stereocenters. The van der Waals surface area contributed by atoms with Gasteiger partial charge in [-0.05, 0) is 35.4 Å². The van der Waals surface area contributed by atoms with Crippen molar-refractivity contribution >= 4 is 11.5 Å². The fourth-order valence-corrected chi connectivity index (χ4v) is 2.55. The second-order valence-corrected chi connectivity index (χ2v) is 5.08. The molecule has 0 atom stereocenters. The molecule has 0 aromatic heterocycles. The molecule has 0 saturated carbocycles. The number of hydrogen-bond donors (Lipinski definition) is 1. The maximum atomic E-state index is 4.61.